The number of guanidine groups is 1. The highest BCUT2D eigenvalue weighted by atomic mass is 35.5. The number of aliphatic imine (C=N–C) groups is 1. The molecule has 6 nitrogen and oxygen atoms in total. The number of nitrogens with zero attached hydrogens (tertiary/aromatic N) is 1. The fourth-order valence-electron chi connectivity index (χ4n) is 1.89. The van der Waals surface area contributed by atoms with Gasteiger partial charge in [-0.1, -0.05) is 23.7 Å². The van der Waals surface area contributed by atoms with Crippen LogP contribution in [0.1, 0.15) is 5.56 Å². The Balaban J connectivity index is 1.75. The molecule has 2 rings (SSSR count). The molecular weight excluding hydrogens is 387 g/mol. The summed E-state index contributed by atoms with van der Waals surface area (Å²) in [5.41, 5.74) is 0.902. The summed E-state index contributed by atoms with van der Waals surface area (Å²) in [5.74, 6) is 0.230. The Labute approximate surface area is 155 Å². The maximum Gasteiger partial charge on any atom is 0.250 e. The number of rotatable bonds is 7. The van der Waals surface area contributed by atoms with E-state index in [4.69, 9.17) is 11.6 Å². The molecule has 0 fully saturated rings. The van der Waals surface area contributed by atoms with Crippen LogP contribution in [-0.4, -0.2) is 34.5 Å². The topological polar surface area (TPSA) is 82.6 Å². The van der Waals surface area contributed by atoms with Gasteiger partial charge in [-0.05, 0) is 29.8 Å². The van der Waals surface area contributed by atoms with Gasteiger partial charge in [-0.15, -0.1) is 11.3 Å². The number of halogens is 2. The molecule has 1 aromatic carbocycles. The van der Waals surface area contributed by atoms with E-state index in [9.17, 15) is 12.8 Å². The average molecular weight is 405 g/mol. The third kappa shape index (κ3) is 6.28. The van der Waals surface area contributed by atoms with Crippen molar-refractivity contribution in [3.05, 3.63) is 52.1 Å². The zero-order valence-electron chi connectivity index (χ0n) is 13.4. The molecule has 0 atom stereocenters. The fourth-order valence-corrected chi connectivity index (χ4v) is 4.45. The molecule has 0 aliphatic rings. The molecule has 0 radical (unpaired) electrons. The minimum absolute atomic E-state index is 0.177. The number of thiophene rings is 1. The van der Waals surface area contributed by atoms with Crippen molar-refractivity contribution in [2.45, 2.75) is 10.8 Å². The zero-order valence-corrected chi connectivity index (χ0v) is 15.8. The van der Waals surface area contributed by atoms with Crippen LogP contribution in [0.25, 0.3) is 0 Å². The molecule has 10 heteroatoms. The summed E-state index contributed by atoms with van der Waals surface area (Å²) in [6, 6.07) is 9.13. The lowest BCUT2D eigenvalue weighted by Crippen LogP contribution is -2.41. The Morgan fingerprint density at radius 2 is 1.88 bits per heavy atom. The molecule has 3 N–H and O–H groups in total. The monoisotopic (exact) mass is 404 g/mol. The number of sulfonamides is 1. The van der Waals surface area contributed by atoms with E-state index in [1.54, 1.807) is 25.2 Å². The summed E-state index contributed by atoms with van der Waals surface area (Å²) < 4.78 is 40.0. The third-order valence-electron chi connectivity index (χ3n) is 3.12. The Bertz CT molecular complexity index is 822. The van der Waals surface area contributed by atoms with Crippen molar-refractivity contribution in [2.24, 2.45) is 4.99 Å². The summed E-state index contributed by atoms with van der Waals surface area (Å²) in [7, 11) is -1.95. The van der Waals surface area contributed by atoms with E-state index >= 15 is 0 Å². The second-order valence-corrected chi connectivity index (χ2v) is 8.64. The van der Waals surface area contributed by atoms with Crippen LogP contribution in [0.2, 0.25) is 4.34 Å². The van der Waals surface area contributed by atoms with Crippen LogP contribution < -0.4 is 15.4 Å². The molecule has 0 aliphatic carbocycles. The molecule has 0 amide bonds. The zero-order chi connectivity index (χ0) is 18.3. The maximum absolute atomic E-state index is 12.9. The largest absolute Gasteiger partial charge is 0.355 e. The van der Waals surface area contributed by atoms with E-state index in [1.807, 2.05) is 0 Å². The second-order valence-electron chi connectivity index (χ2n) is 4.94. The van der Waals surface area contributed by atoms with Gasteiger partial charge in [-0.25, -0.2) is 17.5 Å². The maximum atomic E-state index is 12.9. The summed E-state index contributed by atoms with van der Waals surface area (Å²) in [6.45, 7) is 1.01. The van der Waals surface area contributed by atoms with Crippen LogP contribution in [0.5, 0.6) is 0 Å². The summed E-state index contributed by atoms with van der Waals surface area (Å²) in [5, 5.41) is 6.06. The highest BCUT2D eigenvalue weighted by molar-refractivity contribution is 7.91. The van der Waals surface area contributed by atoms with Gasteiger partial charge < -0.3 is 10.6 Å². The summed E-state index contributed by atoms with van der Waals surface area (Å²) in [4.78, 5) is 4.04. The van der Waals surface area contributed by atoms with Gasteiger partial charge in [0.25, 0.3) is 0 Å². The Morgan fingerprint density at radius 1 is 1.16 bits per heavy atom. The molecule has 0 aliphatic heterocycles. The first-order valence-electron chi connectivity index (χ1n) is 7.34. The van der Waals surface area contributed by atoms with Gasteiger partial charge in [0.15, 0.2) is 5.96 Å². The molecule has 0 spiro atoms. The molecule has 25 heavy (non-hydrogen) atoms. The lowest BCUT2D eigenvalue weighted by atomic mass is 10.2. The van der Waals surface area contributed by atoms with Crippen molar-refractivity contribution in [3.63, 3.8) is 0 Å². The van der Waals surface area contributed by atoms with Gasteiger partial charge in [-0.3, -0.25) is 4.99 Å². The van der Waals surface area contributed by atoms with Crippen molar-refractivity contribution in [2.75, 3.05) is 20.1 Å². The molecular formula is C15H18ClFN4O2S2. The van der Waals surface area contributed by atoms with Crippen molar-refractivity contribution in [1.29, 1.82) is 0 Å². The van der Waals surface area contributed by atoms with E-state index in [2.05, 4.69) is 20.3 Å². The molecule has 1 heterocycles. The van der Waals surface area contributed by atoms with Crippen LogP contribution in [0.4, 0.5) is 4.39 Å². The van der Waals surface area contributed by atoms with Crippen molar-refractivity contribution in [3.8, 4) is 0 Å². The van der Waals surface area contributed by atoms with Gasteiger partial charge in [0.05, 0.1) is 4.34 Å². The lowest BCUT2D eigenvalue weighted by molar-refractivity contribution is 0.582. The minimum Gasteiger partial charge on any atom is -0.355 e. The van der Waals surface area contributed by atoms with Crippen molar-refractivity contribution in [1.82, 2.24) is 15.4 Å². The van der Waals surface area contributed by atoms with Crippen LogP contribution in [0, 0.1) is 5.82 Å². The lowest BCUT2D eigenvalue weighted by Gasteiger charge is -2.12. The van der Waals surface area contributed by atoms with E-state index in [-0.39, 0.29) is 16.6 Å². The first-order chi connectivity index (χ1) is 11.9. The van der Waals surface area contributed by atoms with Crippen LogP contribution >= 0.6 is 22.9 Å². The SMILES string of the molecule is CN=C(NCCNS(=O)(=O)c1ccc(Cl)s1)NCc1ccc(F)cc1. The van der Waals surface area contributed by atoms with E-state index in [0.29, 0.717) is 23.4 Å². The van der Waals surface area contributed by atoms with Crippen LogP contribution in [0.15, 0.2) is 45.6 Å². The fraction of sp³-hybridized carbons (Fsp3) is 0.267. The number of nitrogens with one attached hydrogen (secondary N) is 3. The normalized spacial score (nSPS) is 12.2. The van der Waals surface area contributed by atoms with Crippen LogP contribution in [0.3, 0.4) is 0 Å². The first-order valence-corrected chi connectivity index (χ1v) is 10.0. The summed E-state index contributed by atoms with van der Waals surface area (Å²) in [6.07, 6.45) is 0. The number of hydrogen-bond acceptors (Lipinski definition) is 4. The molecule has 0 saturated carbocycles. The predicted octanol–water partition coefficient (Wildman–Crippen LogP) is 2.18. The Hall–Kier alpha value is -1.68. The van der Waals surface area contributed by atoms with Crippen molar-refractivity contribution < 1.29 is 12.8 Å². The quantitative estimate of drug-likeness (QED) is 0.375. The van der Waals surface area contributed by atoms with Gasteiger partial charge in [0, 0.05) is 26.7 Å². The molecule has 136 valence electrons. The number of benzene rings is 1. The van der Waals surface area contributed by atoms with Crippen molar-refractivity contribution >= 4 is 38.9 Å². The predicted molar refractivity (Wildman–Crippen MR) is 99.1 cm³/mol. The van der Waals surface area contributed by atoms with Gasteiger partial charge >= 0.3 is 0 Å². The molecule has 2 aromatic rings. The molecule has 0 unspecified atom stereocenters. The van der Waals surface area contributed by atoms with Crippen LogP contribution in [-0.2, 0) is 16.6 Å². The molecule has 0 saturated heterocycles. The Kier molecular flexibility index (Phi) is 7.18. The van der Waals surface area contributed by atoms with Gasteiger partial charge in [0.1, 0.15) is 10.0 Å². The molecule has 1 aromatic heterocycles. The van der Waals surface area contributed by atoms with Gasteiger partial charge in [-0.2, -0.15) is 0 Å². The Morgan fingerprint density at radius 3 is 2.48 bits per heavy atom. The first kappa shape index (κ1) is 19.6. The summed E-state index contributed by atoms with van der Waals surface area (Å²) >= 11 is 6.75. The highest BCUT2D eigenvalue weighted by Gasteiger charge is 2.15. The minimum atomic E-state index is -3.56. The average Bonchev–Trinajstić information content (AvgIpc) is 3.03. The molecule has 0 bridgehead atoms. The van der Waals surface area contributed by atoms with E-state index < -0.39 is 10.0 Å². The highest BCUT2D eigenvalue weighted by Crippen LogP contribution is 2.25. The smallest absolute Gasteiger partial charge is 0.250 e. The third-order valence-corrected chi connectivity index (χ3v) is 6.30. The van der Waals surface area contributed by atoms with E-state index in [1.165, 1.54) is 18.2 Å². The van der Waals surface area contributed by atoms with E-state index in [0.717, 1.165) is 16.9 Å². The standard InChI is InChI=1S/C15H18ClFN4O2S2/c1-18-15(20-10-11-2-4-12(17)5-3-11)19-8-9-21-25(22,23)14-7-6-13(16)24-14/h2-7,21H,8-10H2,1H3,(H2,18,19,20). The second kappa shape index (κ2) is 9.14. The van der Waals surface area contributed by atoms with Gasteiger partial charge in [0.2, 0.25) is 10.0 Å². The number of hydrogen-bond donors (Lipinski definition) is 3.